The van der Waals surface area contributed by atoms with Crippen molar-refractivity contribution in [1.82, 2.24) is 0 Å². The van der Waals surface area contributed by atoms with Gasteiger partial charge in [-0.25, -0.2) is 0 Å². The van der Waals surface area contributed by atoms with E-state index >= 15 is 0 Å². The van der Waals surface area contributed by atoms with Gasteiger partial charge in [-0.3, -0.25) is 0 Å². The molecule has 0 aromatic rings. The van der Waals surface area contributed by atoms with E-state index in [2.05, 4.69) is 33.8 Å². The summed E-state index contributed by atoms with van der Waals surface area (Å²) in [4.78, 5) is 0. The average molecular weight is 855 g/mol. The van der Waals surface area contributed by atoms with Gasteiger partial charge in [0.1, 0.15) is 61.0 Å². The van der Waals surface area contributed by atoms with Crippen LogP contribution in [-0.4, -0.2) is 165 Å². The molecule has 0 aromatic carbocycles. The lowest BCUT2D eigenvalue weighted by molar-refractivity contribution is -0.380. The number of hydrogen-bond donors (Lipinski definition) is 8. The molecular weight excluding hydrogens is 784 g/mol. The van der Waals surface area contributed by atoms with Crippen molar-refractivity contribution < 1.29 is 78.7 Å². The number of allylic oxidation sites excluding steroid dienone is 1. The van der Waals surface area contributed by atoms with Gasteiger partial charge in [-0.05, 0) is 98.7 Å². The van der Waals surface area contributed by atoms with Gasteiger partial charge in [0.15, 0.2) is 24.7 Å². The van der Waals surface area contributed by atoms with E-state index in [1.54, 1.807) is 0 Å². The molecule has 9 aliphatic rings. The molecule has 8 fully saturated rings. The molecule has 16 nitrogen and oxygen atoms in total. The summed E-state index contributed by atoms with van der Waals surface area (Å²) < 4.78 is 49.9. The summed E-state index contributed by atoms with van der Waals surface area (Å²) in [5, 5.41) is 84.8. The minimum atomic E-state index is -1.70. The first-order valence-electron chi connectivity index (χ1n) is 22.8. The molecule has 5 aliphatic heterocycles. The molecule has 9 rings (SSSR count). The summed E-state index contributed by atoms with van der Waals surface area (Å²) in [6.45, 7) is 10.7. The molecule has 25 atom stereocenters. The van der Waals surface area contributed by atoms with Crippen LogP contribution in [-0.2, 0) is 37.9 Å². The van der Waals surface area contributed by atoms with Crippen molar-refractivity contribution in [1.29, 1.82) is 0 Å². The minimum Gasteiger partial charge on any atom is -0.394 e. The predicted molar refractivity (Wildman–Crippen MR) is 208 cm³/mol. The quantitative estimate of drug-likeness (QED) is 0.158. The van der Waals surface area contributed by atoms with Crippen LogP contribution in [0.4, 0.5) is 0 Å². The van der Waals surface area contributed by atoms with Gasteiger partial charge in [0, 0.05) is 12.3 Å². The third-order valence-corrected chi connectivity index (χ3v) is 17.3. The largest absolute Gasteiger partial charge is 0.394 e. The van der Waals surface area contributed by atoms with Gasteiger partial charge in [0.2, 0.25) is 0 Å². The van der Waals surface area contributed by atoms with E-state index in [-0.39, 0.29) is 23.0 Å². The Kier molecular flexibility index (Phi) is 12.2. The second kappa shape index (κ2) is 16.5. The van der Waals surface area contributed by atoms with E-state index in [4.69, 9.17) is 37.9 Å². The van der Waals surface area contributed by atoms with E-state index in [0.717, 1.165) is 45.1 Å². The molecule has 60 heavy (non-hydrogen) atoms. The SMILES string of the molecule is C[C@@H]1CC[C@@]2(OC1)O[C@H]1CC3C4CC=C5C[C@@H](O[C@@H]6O[C@H](CO)[C@@H](O[C@H]7O[C@H](CO)[C@@H](O)[C@@H]7O)[C@H](O)[C@H]6O[C@@H]6O[C@@H](C)[C@H](O)[C@@H](O)[C@H]6O)CC[C@]5(C)C4CC[C@]3(C)[C@H]1[C@@H]2C. The fraction of sp³-hybridized carbons (Fsp3) is 0.955. The Hall–Kier alpha value is -0.900. The number of aliphatic hydroxyl groups excluding tert-OH is 8. The van der Waals surface area contributed by atoms with Crippen molar-refractivity contribution in [3.05, 3.63) is 11.6 Å². The molecule has 3 saturated carbocycles. The van der Waals surface area contributed by atoms with Crippen LogP contribution < -0.4 is 0 Å². The average Bonchev–Trinajstić information content (AvgIpc) is 3.79. The lowest BCUT2D eigenvalue weighted by atomic mass is 9.47. The Morgan fingerprint density at radius 3 is 2.10 bits per heavy atom. The Balaban J connectivity index is 0.913. The van der Waals surface area contributed by atoms with E-state index in [9.17, 15) is 40.9 Å². The van der Waals surface area contributed by atoms with Crippen LogP contribution in [0.25, 0.3) is 0 Å². The van der Waals surface area contributed by atoms with Crippen LogP contribution in [0, 0.1) is 46.3 Å². The Morgan fingerprint density at radius 1 is 0.700 bits per heavy atom. The highest BCUT2D eigenvalue weighted by Crippen LogP contribution is 2.70. The third kappa shape index (κ3) is 7.10. The third-order valence-electron chi connectivity index (χ3n) is 17.3. The van der Waals surface area contributed by atoms with E-state index in [1.165, 1.54) is 18.9 Å². The fourth-order valence-corrected chi connectivity index (χ4v) is 13.8. The normalized spacial score (nSPS) is 57.7. The molecule has 0 amide bonds. The zero-order chi connectivity index (χ0) is 42.6. The minimum absolute atomic E-state index is 0.0141. The van der Waals surface area contributed by atoms with Crippen LogP contribution in [0.5, 0.6) is 0 Å². The number of hydrogen-bond acceptors (Lipinski definition) is 16. The highest BCUT2D eigenvalue weighted by molar-refractivity contribution is 5.26. The van der Waals surface area contributed by atoms with Gasteiger partial charge < -0.3 is 78.7 Å². The zero-order valence-electron chi connectivity index (χ0n) is 35.6. The van der Waals surface area contributed by atoms with Crippen LogP contribution in [0.2, 0.25) is 0 Å². The number of ether oxygens (including phenoxy) is 8. The first-order chi connectivity index (χ1) is 28.5. The molecule has 0 bridgehead atoms. The van der Waals surface area contributed by atoms with E-state index < -0.39 is 105 Å². The Morgan fingerprint density at radius 2 is 1.40 bits per heavy atom. The molecule has 3 unspecified atom stereocenters. The van der Waals surface area contributed by atoms with Crippen LogP contribution in [0.3, 0.4) is 0 Å². The maximum atomic E-state index is 11.9. The van der Waals surface area contributed by atoms with Crippen molar-refractivity contribution in [2.45, 2.75) is 196 Å². The lowest BCUT2D eigenvalue weighted by Crippen LogP contribution is -2.65. The van der Waals surface area contributed by atoms with Crippen LogP contribution >= 0.6 is 0 Å². The Labute approximate surface area is 352 Å². The molecule has 0 aromatic heterocycles. The number of aliphatic hydroxyl groups is 8. The summed E-state index contributed by atoms with van der Waals surface area (Å²) in [7, 11) is 0. The molecule has 5 heterocycles. The summed E-state index contributed by atoms with van der Waals surface area (Å²) in [6.07, 6.45) is -8.79. The van der Waals surface area contributed by atoms with Gasteiger partial charge in [0.05, 0.1) is 38.1 Å². The molecule has 8 N–H and O–H groups in total. The summed E-state index contributed by atoms with van der Waals surface area (Å²) in [6, 6.07) is 0. The highest BCUT2D eigenvalue weighted by atomic mass is 16.8. The second-order valence-corrected chi connectivity index (χ2v) is 20.6. The zero-order valence-corrected chi connectivity index (χ0v) is 35.6. The monoisotopic (exact) mass is 854 g/mol. The van der Waals surface area contributed by atoms with Gasteiger partial charge >= 0.3 is 0 Å². The Bertz CT molecular complexity index is 1560. The second-order valence-electron chi connectivity index (χ2n) is 20.6. The van der Waals surface area contributed by atoms with Gasteiger partial charge in [-0.2, -0.15) is 0 Å². The molecule has 1 spiro atoms. The van der Waals surface area contributed by atoms with Crippen molar-refractivity contribution in [3.8, 4) is 0 Å². The standard InChI is InChI=1S/C44H70O16/c1-19-8-13-44(53-18-19)20(2)30-27(60-44)15-26-24-7-6-22-14-23(9-11-42(22,4)25(24)10-12-43(26,30)5)55-41-38(59-39-35(51)33(49)31(47)21(3)54-39)36(52)37(29(17-46)57-41)58-40-34(50)32(48)28(16-45)56-40/h6,19-21,23-41,45-52H,7-18H2,1-5H3/t19-,20+,21+,23+,24?,25?,26?,27+,28-,29-,30+,31+,32-,33-,34+,35-,36+,37-,38-,39+,40-,41-,42+,43+,44-/m1/s1. The number of fused-ring (bicyclic) bond motifs is 7. The van der Waals surface area contributed by atoms with Gasteiger partial charge in [0.25, 0.3) is 0 Å². The molecule has 342 valence electrons. The lowest BCUT2D eigenvalue weighted by Gasteiger charge is -2.58. The molecule has 4 aliphatic carbocycles. The summed E-state index contributed by atoms with van der Waals surface area (Å²) in [5.41, 5.74) is 1.54. The maximum absolute atomic E-state index is 11.9. The predicted octanol–water partition coefficient (Wildman–Crippen LogP) is 0.853. The summed E-state index contributed by atoms with van der Waals surface area (Å²) in [5.74, 6) is 2.65. The van der Waals surface area contributed by atoms with E-state index in [0.29, 0.717) is 48.3 Å². The maximum Gasteiger partial charge on any atom is 0.187 e. The van der Waals surface area contributed by atoms with E-state index in [1.807, 2.05) is 0 Å². The fourth-order valence-electron chi connectivity index (χ4n) is 13.8. The highest BCUT2D eigenvalue weighted by Gasteiger charge is 2.69. The van der Waals surface area contributed by atoms with Crippen molar-refractivity contribution in [3.63, 3.8) is 0 Å². The first-order valence-corrected chi connectivity index (χ1v) is 22.8. The smallest absolute Gasteiger partial charge is 0.187 e. The molecular formula is C44H70O16. The van der Waals surface area contributed by atoms with Crippen molar-refractivity contribution in [2.24, 2.45) is 46.3 Å². The summed E-state index contributed by atoms with van der Waals surface area (Å²) >= 11 is 0. The van der Waals surface area contributed by atoms with Gasteiger partial charge in [-0.15, -0.1) is 0 Å². The van der Waals surface area contributed by atoms with Crippen molar-refractivity contribution >= 4 is 0 Å². The molecule has 5 saturated heterocycles. The first kappa shape index (κ1) is 44.3. The topological polar surface area (TPSA) is 236 Å². The van der Waals surface area contributed by atoms with Crippen molar-refractivity contribution in [2.75, 3.05) is 19.8 Å². The van der Waals surface area contributed by atoms with Gasteiger partial charge in [-0.1, -0.05) is 39.3 Å². The molecule has 16 heteroatoms. The molecule has 0 radical (unpaired) electrons. The van der Waals surface area contributed by atoms with Crippen LogP contribution in [0.1, 0.15) is 92.4 Å². The van der Waals surface area contributed by atoms with Crippen LogP contribution in [0.15, 0.2) is 11.6 Å². The number of rotatable bonds is 8.